The van der Waals surface area contributed by atoms with Crippen molar-refractivity contribution in [2.75, 3.05) is 4.90 Å². The highest BCUT2D eigenvalue weighted by Gasteiger charge is 2.34. The van der Waals surface area contributed by atoms with Crippen LogP contribution in [-0.2, 0) is 21.0 Å². The summed E-state index contributed by atoms with van der Waals surface area (Å²) in [5.41, 5.74) is 2.42. The summed E-state index contributed by atoms with van der Waals surface area (Å²) in [5, 5.41) is 4.47. The molecular weight excluding hydrogens is 352 g/mol. The molecule has 0 fully saturated rings. The second kappa shape index (κ2) is 7.70. The molecular formula is C20H19ClN2O3. The lowest BCUT2D eigenvalue weighted by molar-refractivity contribution is -0.144. The molecule has 0 spiro atoms. The zero-order chi connectivity index (χ0) is 18.7. The van der Waals surface area contributed by atoms with E-state index in [0.29, 0.717) is 17.1 Å². The molecule has 0 atom stereocenters. The summed E-state index contributed by atoms with van der Waals surface area (Å²) in [7, 11) is 0. The zero-order valence-corrected chi connectivity index (χ0v) is 15.4. The highest BCUT2D eigenvalue weighted by molar-refractivity contribution is 6.54. The van der Waals surface area contributed by atoms with Crippen molar-refractivity contribution in [3.05, 3.63) is 64.7 Å². The Hall–Kier alpha value is -2.66. The van der Waals surface area contributed by atoms with Crippen LogP contribution in [-0.4, -0.2) is 17.6 Å². The Balaban J connectivity index is 1.87. The molecule has 3 rings (SSSR count). The molecule has 0 saturated carbocycles. The largest absolute Gasteiger partial charge is 0.335 e. The quantitative estimate of drug-likeness (QED) is 0.586. The van der Waals surface area contributed by atoms with Gasteiger partial charge in [0.1, 0.15) is 0 Å². The maximum atomic E-state index is 12.9. The van der Waals surface area contributed by atoms with E-state index >= 15 is 0 Å². The molecule has 26 heavy (non-hydrogen) atoms. The highest BCUT2D eigenvalue weighted by atomic mass is 35.5. The van der Waals surface area contributed by atoms with E-state index in [1.54, 1.807) is 17.0 Å². The summed E-state index contributed by atoms with van der Waals surface area (Å²) in [4.78, 5) is 31.2. The number of oxime groups is 1. The lowest BCUT2D eigenvalue weighted by Crippen LogP contribution is -2.29. The Bertz CT molecular complexity index is 877. The molecule has 0 unspecified atom stereocenters. The average Bonchev–Trinajstić information content (AvgIpc) is 2.85. The third-order valence-corrected chi connectivity index (χ3v) is 4.18. The number of carbonyl (C=O) groups excluding carboxylic acids is 2. The molecule has 6 heteroatoms. The van der Waals surface area contributed by atoms with Gasteiger partial charge in [0.25, 0.3) is 5.91 Å². The van der Waals surface area contributed by atoms with Gasteiger partial charge in [-0.3, -0.25) is 4.79 Å². The predicted octanol–water partition coefficient (Wildman–Crippen LogP) is 4.18. The molecule has 0 aliphatic carbocycles. The van der Waals surface area contributed by atoms with Crippen LogP contribution in [0.4, 0.5) is 5.69 Å². The van der Waals surface area contributed by atoms with E-state index in [2.05, 4.69) is 5.16 Å². The minimum atomic E-state index is -0.453. The Morgan fingerprint density at radius 3 is 2.69 bits per heavy atom. The van der Waals surface area contributed by atoms with Crippen LogP contribution in [0.2, 0.25) is 5.02 Å². The van der Waals surface area contributed by atoms with Crippen LogP contribution in [0.15, 0.2) is 53.7 Å². The molecule has 0 aromatic heterocycles. The van der Waals surface area contributed by atoms with Crippen LogP contribution >= 0.6 is 11.6 Å². The molecule has 5 nitrogen and oxygen atoms in total. The van der Waals surface area contributed by atoms with Gasteiger partial charge in [-0.15, -0.1) is 0 Å². The number of anilines is 1. The second-order valence-corrected chi connectivity index (χ2v) is 6.98. The van der Waals surface area contributed by atoms with Gasteiger partial charge in [0.2, 0.25) is 0 Å². The van der Waals surface area contributed by atoms with Crippen LogP contribution < -0.4 is 4.90 Å². The predicted molar refractivity (Wildman–Crippen MR) is 101 cm³/mol. The number of hydrogen-bond acceptors (Lipinski definition) is 4. The third-order valence-electron chi connectivity index (χ3n) is 3.94. The summed E-state index contributed by atoms with van der Waals surface area (Å²) in [6.45, 7) is 4.18. The number of hydrogen-bond donors (Lipinski definition) is 0. The molecule has 0 radical (unpaired) electrons. The van der Waals surface area contributed by atoms with E-state index in [1.165, 1.54) is 0 Å². The Morgan fingerprint density at radius 1 is 1.19 bits per heavy atom. The molecule has 1 amide bonds. The standard InChI is InChI=1S/C20H19ClN2O3/c1-13(2)10-18(24)26-22-19-16-8-3-4-9-17(16)23(20(19)25)12-14-6-5-7-15(21)11-14/h3-9,11,13H,10,12H2,1-2H3. The number of fused-ring (bicyclic) bond motifs is 1. The fourth-order valence-corrected chi connectivity index (χ4v) is 3.00. The number of para-hydroxylation sites is 1. The molecule has 0 bridgehead atoms. The first kappa shape index (κ1) is 18.1. The van der Waals surface area contributed by atoms with E-state index in [0.717, 1.165) is 11.3 Å². The van der Waals surface area contributed by atoms with Crippen molar-refractivity contribution >= 4 is 34.9 Å². The van der Waals surface area contributed by atoms with Crippen molar-refractivity contribution in [2.24, 2.45) is 11.1 Å². The Labute approximate surface area is 157 Å². The van der Waals surface area contributed by atoms with Gasteiger partial charge in [0.05, 0.1) is 18.7 Å². The monoisotopic (exact) mass is 370 g/mol. The van der Waals surface area contributed by atoms with Gasteiger partial charge < -0.3 is 9.74 Å². The average molecular weight is 371 g/mol. The van der Waals surface area contributed by atoms with E-state index in [1.807, 2.05) is 50.2 Å². The molecule has 2 aromatic rings. The van der Waals surface area contributed by atoms with Crippen molar-refractivity contribution in [2.45, 2.75) is 26.8 Å². The third kappa shape index (κ3) is 3.94. The first-order chi connectivity index (χ1) is 12.5. The molecule has 0 saturated heterocycles. The molecule has 2 aromatic carbocycles. The lowest BCUT2D eigenvalue weighted by Gasteiger charge is -2.16. The SMILES string of the molecule is CC(C)CC(=O)ON=C1C(=O)N(Cc2cccc(Cl)c2)c2ccccc21. The number of rotatable bonds is 5. The van der Waals surface area contributed by atoms with Crippen LogP contribution in [0.1, 0.15) is 31.4 Å². The van der Waals surface area contributed by atoms with Crippen molar-refractivity contribution in [1.29, 1.82) is 0 Å². The van der Waals surface area contributed by atoms with Gasteiger partial charge in [0, 0.05) is 10.6 Å². The van der Waals surface area contributed by atoms with Crippen molar-refractivity contribution in [3.8, 4) is 0 Å². The first-order valence-corrected chi connectivity index (χ1v) is 8.77. The smallest absolute Gasteiger partial charge is 0.317 e. The molecule has 1 aliphatic rings. The molecule has 0 N–H and O–H groups in total. The number of amides is 1. The van der Waals surface area contributed by atoms with Crippen LogP contribution in [0, 0.1) is 5.92 Å². The topological polar surface area (TPSA) is 59.0 Å². The maximum absolute atomic E-state index is 12.9. The number of carbonyl (C=O) groups is 2. The van der Waals surface area contributed by atoms with Gasteiger partial charge >= 0.3 is 5.97 Å². The lowest BCUT2D eigenvalue weighted by atomic mass is 10.1. The van der Waals surface area contributed by atoms with Crippen molar-refractivity contribution in [3.63, 3.8) is 0 Å². The summed E-state index contributed by atoms with van der Waals surface area (Å²) < 4.78 is 0. The minimum absolute atomic E-state index is 0.139. The molecule has 134 valence electrons. The highest BCUT2D eigenvalue weighted by Crippen LogP contribution is 2.31. The van der Waals surface area contributed by atoms with Crippen LogP contribution in [0.25, 0.3) is 0 Å². The summed E-state index contributed by atoms with van der Waals surface area (Å²) in [6.07, 6.45) is 0.249. The second-order valence-electron chi connectivity index (χ2n) is 6.54. The number of nitrogens with zero attached hydrogens (tertiary/aromatic N) is 2. The minimum Gasteiger partial charge on any atom is -0.317 e. The Morgan fingerprint density at radius 2 is 1.96 bits per heavy atom. The van der Waals surface area contributed by atoms with E-state index in [9.17, 15) is 9.59 Å². The van der Waals surface area contributed by atoms with E-state index in [4.69, 9.17) is 16.4 Å². The molecule has 1 heterocycles. The van der Waals surface area contributed by atoms with Gasteiger partial charge in [-0.05, 0) is 29.7 Å². The summed E-state index contributed by atoms with van der Waals surface area (Å²) >= 11 is 6.04. The fourth-order valence-electron chi connectivity index (χ4n) is 2.79. The van der Waals surface area contributed by atoms with Gasteiger partial charge in [-0.1, -0.05) is 60.9 Å². The zero-order valence-electron chi connectivity index (χ0n) is 14.6. The van der Waals surface area contributed by atoms with Gasteiger partial charge in [-0.2, -0.15) is 0 Å². The fraction of sp³-hybridized carbons (Fsp3) is 0.250. The van der Waals surface area contributed by atoms with Crippen molar-refractivity contribution in [1.82, 2.24) is 0 Å². The van der Waals surface area contributed by atoms with E-state index < -0.39 is 5.97 Å². The van der Waals surface area contributed by atoms with Crippen molar-refractivity contribution < 1.29 is 14.4 Å². The normalized spacial score (nSPS) is 14.8. The van der Waals surface area contributed by atoms with Crippen LogP contribution in [0.5, 0.6) is 0 Å². The van der Waals surface area contributed by atoms with Gasteiger partial charge in [0.15, 0.2) is 5.71 Å². The molecule has 1 aliphatic heterocycles. The summed E-state index contributed by atoms with van der Waals surface area (Å²) in [5.74, 6) is -0.594. The summed E-state index contributed by atoms with van der Waals surface area (Å²) in [6, 6.07) is 14.6. The first-order valence-electron chi connectivity index (χ1n) is 8.39. The number of halogens is 1. The van der Waals surface area contributed by atoms with Gasteiger partial charge in [-0.25, -0.2) is 4.79 Å². The maximum Gasteiger partial charge on any atom is 0.335 e. The Kier molecular flexibility index (Phi) is 5.38. The van der Waals surface area contributed by atoms with E-state index in [-0.39, 0.29) is 24.0 Å². The number of benzene rings is 2. The van der Waals surface area contributed by atoms with Crippen LogP contribution in [0.3, 0.4) is 0 Å².